The normalized spacial score (nSPS) is 20.7. The van der Waals surface area contributed by atoms with E-state index in [1.165, 1.54) is 11.8 Å². The van der Waals surface area contributed by atoms with Gasteiger partial charge in [-0.15, -0.1) is 11.8 Å². The van der Waals surface area contributed by atoms with Crippen LogP contribution in [0.3, 0.4) is 0 Å². The molecule has 222 valence electrons. The quantitative estimate of drug-likeness (QED) is 0.348. The van der Waals surface area contributed by atoms with Gasteiger partial charge in [0.2, 0.25) is 0 Å². The first-order valence-electron chi connectivity index (χ1n) is 14.5. The number of aromatic nitrogens is 3. The molecule has 0 atom stereocenters. The van der Waals surface area contributed by atoms with Gasteiger partial charge < -0.3 is 15.2 Å². The minimum Gasteiger partial charge on any atom is -0.368 e. The molecule has 0 radical (unpaired) electrons. The van der Waals surface area contributed by atoms with Gasteiger partial charge in [0.05, 0.1) is 30.5 Å². The highest BCUT2D eigenvalue weighted by Gasteiger charge is 2.47. The fraction of sp³-hybridized carbons (Fsp3) is 0.567. The standard InChI is InChI=1S/C30H40F2N6O2S/c1-6-21-22(28(39)33-14-24-26(41-5)12-18(3)35-29(24)40)13-25-23(15-34-36(25)4)27(21)38(7-2)20-10-8-19(9-11-20)37-16-30(31,32)17-37/h12-13,15,19-20H,6-11,14,16-17H2,1-5H3,(H,33,39)(H,35,40). The second kappa shape index (κ2) is 11.8. The number of aromatic amines is 1. The number of halogens is 2. The number of pyridine rings is 1. The maximum Gasteiger partial charge on any atom is 0.272 e. The van der Waals surface area contributed by atoms with Crippen molar-refractivity contribution in [1.82, 2.24) is 25.0 Å². The van der Waals surface area contributed by atoms with E-state index in [4.69, 9.17) is 0 Å². The van der Waals surface area contributed by atoms with E-state index in [2.05, 4.69) is 34.1 Å². The number of fused-ring (bicyclic) bond motifs is 1. The van der Waals surface area contributed by atoms with Crippen molar-refractivity contribution in [3.8, 4) is 0 Å². The number of amides is 1. The third kappa shape index (κ3) is 5.75. The lowest BCUT2D eigenvalue weighted by Crippen LogP contribution is -2.61. The van der Waals surface area contributed by atoms with Crippen LogP contribution in [-0.2, 0) is 20.0 Å². The molecular formula is C30H40F2N6O2S. The number of benzene rings is 1. The molecular weight excluding hydrogens is 546 g/mol. The fourth-order valence-electron chi connectivity index (χ4n) is 6.64. The van der Waals surface area contributed by atoms with Gasteiger partial charge in [-0.2, -0.15) is 5.10 Å². The van der Waals surface area contributed by atoms with Crippen LogP contribution in [0.5, 0.6) is 0 Å². The van der Waals surface area contributed by atoms with E-state index in [1.807, 2.05) is 43.5 Å². The first kappa shape index (κ1) is 29.6. The van der Waals surface area contributed by atoms with E-state index < -0.39 is 5.92 Å². The number of nitrogens with zero attached hydrogens (tertiary/aromatic N) is 4. The third-order valence-corrected chi connectivity index (χ3v) is 9.53. The smallest absolute Gasteiger partial charge is 0.272 e. The zero-order chi connectivity index (χ0) is 29.5. The molecule has 2 fully saturated rings. The molecule has 0 bridgehead atoms. The van der Waals surface area contributed by atoms with Crippen LogP contribution in [0.2, 0.25) is 0 Å². The summed E-state index contributed by atoms with van der Waals surface area (Å²) < 4.78 is 28.7. The number of thioether (sulfide) groups is 1. The van der Waals surface area contributed by atoms with Crippen LogP contribution >= 0.6 is 11.8 Å². The number of likely N-dealkylation sites (tertiary alicyclic amines) is 1. The molecule has 0 unspecified atom stereocenters. The van der Waals surface area contributed by atoms with Crippen molar-refractivity contribution < 1.29 is 13.6 Å². The van der Waals surface area contributed by atoms with Gasteiger partial charge in [0.1, 0.15) is 0 Å². The molecule has 1 aliphatic heterocycles. The zero-order valence-corrected chi connectivity index (χ0v) is 25.3. The third-order valence-electron chi connectivity index (χ3n) is 8.73. The monoisotopic (exact) mass is 586 g/mol. The Morgan fingerprint density at radius 2 is 1.90 bits per heavy atom. The summed E-state index contributed by atoms with van der Waals surface area (Å²) in [7, 11) is 1.88. The maximum atomic E-state index is 13.8. The van der Waals surface area contributed by atoms with E-state index in [9.17, 15) is 18.4 Å². The SMILES string of the molecule is CCc1c(C(=O)NCc2c(SC)cc(C)[nH]c2=O)cc2c(cnn2C)c1N(CC)C1CCC(N2CC(F)(F)C2)CC1. The summed E-state index contributed by atoms with van der Waals surface area (Å²) in [5, 5.41) is 8.55. The van der Waals surface area contributed by atoms with Gasteiger partial charge in [0.25, 0.3) is 17.4 Å². The first-order chi connectivity index (χ1) is 19.6. The average Bonchev–Trinajstić information content (AvgIpc) is 3.31. The molecule has 0 spiro atoms. The molecule has 1 aliphatic carbocycles. The van der Waals surface area contributed by atoms with Crippen molar-refractivity contribution >= 4 is 34.3 Å². The summed E-state index contributed by atoms with van der Waals surface area (Å²) in [4.78, 5) is 34.4. The molecule has 11 heteroatoms. The molecule has 41 heavy (non-hydrogen) atoms. The number of alkyl halides is 2. The van der Waals surface area contributed by atoms with E-state index >= 15 is 0 Å². The number of aryl methyl sites for hydroxylation is 2. The predicted octanol–water partition coefficient (Wildman–Crippen LogP) is 4.87. The van der Waals surface area contributed by atoms with Gasteiger partial charge in [-0.25, -0.2) is 8.78 Å². The Morgan fingerprint density at radius 3 is 2.51 bits per heavy atom. The highest BCUT2D eigenvalue weighted by atomic mass is 32.2. The van der Waals surface area contributed by atoms with E-state index in [0.29, 0.717) is 17.5 Å². The van der Waals surface area contributed by atoms with E-state index in [0.717, 1.165) is 65.0 Å². The van der Waals surface area contributed by atoms with Crippen LogP contribution in [0, 0.1) is 6.92 Å². The summed E-state index contributed by atoms with van der Waals surface area (Å²) in [6.45, 7) is 6.67. The molecule has 2 N–H and O–H groups in total. The minimum absolute atomic E-state index is 0.125. The summed E-state index contributed by atoms with van der Waals surface area (Å²) in [5.41, 5.74) is 4.58. The number of hydrogen-bond donors (Lipinski definition) is 2. The molecule has 2 aromatic heterocycles. The molecule has 3 heterocycles. The summed E-state index contributed by atoms with van der Waals surface area (Å²) >= 11 is 1.49. The molecule has 2 aliphatic rings. The lowest BCUT2D eigenvalue weighted by Gasteiger charge is -2.47. The van der Waals surface area contributed by atoms with Gasteiger partial charge >= 0.3 is 0 Å². The number of nitrogens with one attached hydrogen (secondary N) is 2. The zero-order valence-electron chi connectivity index (χ0n) is 24.5. The Hall–Kier alpha value is -2.92. The number of rotatable bonds is 9. The minimum atomic E-state index is -2.54. The van der Waals surface area contributed by atoms with Gasteiger partial charge in [0, 0.05) is 59.3 Å². The van der Waals surface area contributed by atoms with E-state index in [-0.39, 0.29) is 43.2 Å². The van der Waals surface area contributed by atoms with Crippen LogP contribution in [0.1, 0.15) is 66.7 Å². The van der Waals surface area contributed by atoms with Crippen molar-refractivity contribution in [2.45, 2.75) is 82.3 Å². The number of H-pyrrole nitrogens is 1. The Labute approximate surface area is 243 Å². The molecule has 8 nitrogen and oxygen atoms in total. The topological polar surface area (TPSA) is 86.3 Å². The molecule has 3 aromatic rings. The van der Waals surface area contributed by atoms with Crippen LogP contribution in [0.4, 0.5) is 14.5 Å². The van der Waals surface area contributed by atoms with E-state index in [1.54, 1.807) is 4.68 Å². The van der Waals surface area contributed by atoms with Crippen molar-refractivity contribution in [1.29, 1.82) is 0 Å². The molecule has 1 aromatic carbocycles. The highest BCUT2D eigenvalue weighted by molar-refractivity contribution is 7.98. The Morgan fingerprint density at radius 1 is 1.20 bits per heavy atom. The lowest BCUT2D eigenvalue weighted by atomic mass is 9.86. The average molecular weight is 587 g/mol. The number of carbonyl (C=O) groups is 1. The highest BCUT2D eigenvalue weighted by Crippen LogP contribution is 2.40. The lowest BCUT2D eigenvalue weighted by molar-refractivity contribution is -0.149. The van der Waals surface area contributed by atoms with Gasteiger partial charge in [-0.1, -0.05) is 6.92 Å². The summed E-state index contributed by atoms with van der Waals surface area (Å²) in [5.74, 6) is -2.77. The number of carbonyl (C=O) groups excluding carboxylic acids is 1. The maximum absolute atomic E-state index is 13.8. The van der Waals surface area contributed by atoms with Crippen LogP contribution in [-0.4, -0.2) is 69.5 Å². The second-order valence-corrected chi connectivity index (χ2v) is 12.2. The first-order valence-corrected chi connectivity index (χ1v) is 15.7. The number of anilines is 1. The second-order valence-electron chi connectivity index (χ2n) is 11.3. The van der Waals surface area contributed by atoms with Crippen molar-refractivity contribution in [2.24, 2.45) is 7.05 Å². The molecule has 5 rings (SSSR count). The predicted molar refractivity (Wildman–Crippen MR) is 160 cm³/mol. The molecule has 1 amide bonds. The van der Waals surface area contributed by atoms with Gasteiger partial charge in [0.15, 0.2) is 0 Å². The van der Waals surface area contributed by atoms with Gasteiger partial charge in [-0.05, 0) is 69.9 Å². The molecule has 1 saturated carbocycles. The Kier molecular flexibility index (Phi) is 8.48. The Bertz CT molecular complexity index is 1490. The van der Waals surface area contributed by atoms with Crippen LogP contribution in [0.25, 0.3) is 10.9 Å². The Balaban J connectivity index is 1.44. The van der Waals surface area contributed by atoms with Crippen LogP contribution in [0.15, 0.2) is 28.0 Å². The van der Waals surface area contributed by atoms with Crippen molar-refractivity contribution in [3.63, 3.8) is 0 Å². The largest absolute Gasteiger partial charge is 0.368 e. The fourth-order valence-corrected chi connectivity index (χ4v) is 7.35. The summed E-state index contributed by atoms with van der Waals surface area (Å²) in [6.07, 6.45) is 8.04. The van der Waals surface area contributed by atoms with Gasteiger partial charge in [-0.3, -0.25) is 19.2 Å². The molecule has 1 saturated heterocycles. The van der Waals surface area contributed by atoms with Crippen molar-refractivity contribution in [2.75, 3.05) is 30.8 Å². The van der Waals surface area contributed by atoms with Crippen molar-refractivity contribution in [3.05, 3.63) is 51.1 Å². The van der Waals surface area contributed by atoms with Crippen LogP contribution < -0.4 is 15.8 Å². The summed E-state index contributed by atoms with van der Waals surface area (Å²) in [6, 6.07) is 4.29. The number of hydrogen-bond acceptors (Lipinski definition) is 6.